The number of aromatic nitrogens is 4. The fourth-order valence-electron chi connectivity index (χ4n) is 2.99. The average Bonchev–Trinajstić information content (AvgIpc) is 3.15. The number of hydrogen-bond acceptors (Lipinski definition) is 6. The van der Waals surface area contributed by atoms with Crippen molar-refractivity contribution in [1.82, 2.24) is 19.7 Å². The molecule has 27 heavy (non-hydrogen) atoms. The van der Waals surface area contributed by atoms with Crippen LogP contribution in [0.15, 0.2) is 40.0 Å². The van der Waals surface area contributed by atoms with Crippen LogP contribution in [0.25, 0.3) is 22.1 Å². The summed E-state index contributed by atoms with van der Waals surface area (Å²) in [5.74, 6) is -0.109. The van der Waals surface area contributed by atoms with Crippen molar-refractivity contribution >= 4 is 45.4 Å². The summed E-state index contributed by atoms with van der Waals surface area (Å²) in [7, 11) is 1.86. The van der Waals surface area contributed by atoms with Crippen LogP contribution in [0.4, 0.5) is 5.69 Å². The number of nitrogens with one attached hydrogen (secondary N) is 1. The van der Waals surface area contributed by atoms with Gasteiger partial charge in [-0.25, -0.2) is 9.97 Å². The standard InChI is InChI=1S/C19H19N5O2S/c1-10-15(11(2)24(4)23-10)22-18(25)12(3)27-19-17-16(20-9-21-19)13-7-5-6-8-14(13)26-17/h5-9,12H,1-4H3,(H,22,25)/t12-/m1/s1. The maximum Gasteiger partial charge on any atom is 0.237 e. The Bertz CT molecular complexity index is 1160. The Labute approximate surface area is 160 Å². The lowest BCUT2D eigenvalue weighted by molar-refractivity contribution is -0.115. The van der Waals surface area contributed by atoms with Gasteiger partial charge in [0.1, 0.15) is 22.5 Å². The molecule has 8 heteroatoms. The Morgan fingerprint density at radius 1 is 1.26 bits per heavy atom. The minimum atomic E-state index is -0.365. The van der Waals surface area contributed by atoms with Crippen molar-refractivity contribution < 1.29 is 9.21 Å². The highest BCUT2D eigenvalue weighted by Gasteiger charge is 2.22. The van der Waals surface area contributed by atoms with E-state index >= 15 is 0 Å². The lowest BCUT2D eigenvalue weighted by Gasteiger charge is -2.11. The number of rotatable bonds is 4. The van der Waals surface area contributed by atoms with E-state index in [0.717, 1.165) is 33.6 Å². The van der Waals surface area contributed by atoms with Crippen LogP contribution in [0.2, 0.25) is 0 Å². The smallest absolute Gasteiger partial charge is 0.237 e. The first-order valence-electron chi connectivity index (χ1n) is 8.55. The number of aryl methyl sites for hydroxylation is 2. The zero-order valence-electron chi connectivity index (χ0n) is 15.5. The average molecular weight is 381 g/mol. The Morgan fingerprint density at radius 2 is 2.04 bits per heavy atom. The molecule has 1 N–H and O–H groups in total. The van der Waals surface area contributed by atoms with E-state index in [1.54, 1.807) is 4.68 Å². The van der Waals surface area contributed by atoms with Crippen LogP contribution in [-0.2, 0) is 11.8 Å². The van der Waals surface area contributed by atoms with Gasteiger partial charge in [-0.1, -0.05) is 23.9 Å². The van der Waals surface area contributed by atoms with Gasteiger partial charge in [0.2, 0.25) is 5.91 Å². The fourth-order valence-corrected chi connectivity index (χ4v) is 3.84. The van der Waals surface area contributed by atoms with Gasteiger partial charge in [0.05, 0.1) is 22.3 Å². The largest absolute Gasteiger partial charge is 0.451 e. The highest BCUT2D eigenvalue weighted by molar-refractivity contribution is 8.00. The molecule has 0 bridgehead atoms. The molecule has 0 radical (unpaired) electrons. The molecular formula is C19H19N5O2S. The second-order valence-electron chi connectivity index (χ2n) is 6.37. The van der Waals surface area contributed by atoms with Crippen LogP contribution < -0.4 is 5.32 Å². The minimum Gasteiger partial charge on any atom is -0.451 e. The number of benzene rings is 1. The van der Waals surface area contributed by atoms with Crippen LogP contribution in [0.5, 0.6) is 0 Å². The number of thioether (sulfide) groups is 1. The van der Waals surface area contributed by atoms with Gasteiger partial charge in [-0.3, -0.25) is 9.48 Å². The summed E-state index contributed by atoms with van der Waals surface area (Å²) in [6, 6.07) is 7.72. The molecule has 0 saturated heterocycles. The van der Waals surface area contributed by atoms with Crippen LogP contribution in [0.3, 0.4) is 0 Å². The number of carbonyl (C=O) groups excluding carboxylic acids is 1. The van der Waals surface area contributed by atoms with Gasteiger partial charge >= 0.3 is 0 Å². The van der Waals surface area contributed by atoms with Crippen molar-refractivity contribution in [3.63, 3.8) is 0 Å². The molecule has 4 aromatic rings. The normalized spacial score (nSPS) is 12.6. The van der Waals surface area contributed by atoms with Gasteiger partial charge in [0.15, 0.2) is 5.58 Å². The molecule has 1 atom stereocenters. The van der Waals surface area contributed by atoms with Crippen molar-refractivity contribution in [3.8, 4) is 0 Å². The third-order valence-electron chi connectivity index (χ3n) is 4.54. The molecule has 4 rings (SSSR count). The molecule has 0 unspecified atom stereocenters. The molecular weight excluding hydrogens is 362 g/mol. The van der Waals surface area contributed by atoms with Gasteiger partial charge in [-0.05, 0) is 32.9 Å². The Balaban J connectivity index is 1.61. The van der Waals surface area contributed by atoms with E-state index in [1.165, 1.54) is 18.1 Å². The fraction of sp³-hybridized carbons (Fsp3) is 0.263. The number of anilines is 1. The second-order valence-corrected chi connectivity index (χ2v) is 7.70. The van der Waals surface area contributed by atoms with Crippen molar-refractivity contribution in [2.24, 2.45) is 7.05 Å². The number of fused-ring (bicyclic) bond motifs is 3. The van der Waals surface area contributed by atoms with Crippen molar-refractivity contribution in [3.05, 3.63) is 42.0 Å². The summed E-state index contributed by atoms with van der Waals surface area (Å²) >= 11 is 1.35. The molecule has 0 saturated carbocycles. The number of para-hydroxylation sites is 1. The van der Waals surface area contributed by atoms with Crippen LogP contribution in [0.1, 0.15) is 18.3 Å². The number of carbonyl (C=O) groups is 1. The van der Waals surface area contributed by atoms with E-state index in [1.807, 2.05) is 52.1 Å². The second kappa shape index (κ2) is 6.70. The molecule has 0 aliphatic carbocycles. The first-order chi connectivity index (χ1) is 13.0. The van der Waals surface area contributed by atoms with Gasteiger partial charge in [-0.15, -0.1) is 0 Å². The van der Waals surface area contributed by atoms with Crippen LogP contribution in [-0.4, -0.2) is 30.9 Å². The summed E-state index contributed by atoms with van der Waals surface area (Å²) < 4.78 is 7.69. The zero-order chi connectivity index (χ0) is 19.1. The molecule has 3 aromatic heterocycles. The maximum absolute atomic E-state index is 12.7. The molecule has 3 heterocycles. The molecule has 0 fully saturated rings. The Kier molecular flexibility index (Phi) is 4.35. The van der Waals surface area contributed by atoms with Gasteiger partial charge < -0.3 is 9.73 Å². The summed E-state index contributed by atoms with van der Waals surface area (Å²) in [6.07, 6.45) is 1.51. The Hall–Kier alpha value is -2.87. The van der Waals surface area contributed by atoms with E-state index in [0.29, 0.717) is 10.6 Å². The molecule has 1 amide bonds. The third-order valence-corrected chi connectivity index (χ3v) is 5.62. The summed E-state index contributed by atoms with van der Waals surface area (Å²) in [5.41, 5.74) is 4.59. The highest BCUT2D eigenvalue weighted by atomic mass is 32.2. The van der Waals surface area contributed by atoms with Crippen molar-refractivity contribution in [2.45, 2.75) is 31.0 Å². The van der Waals surface area contributed by atoms with Gasteiger partial charge in [0, 0.05) is 12.4 Å². The van der Waals surface area contributed by atoms with Gasteiger partial charge in [0.25, 0.3) is 0 Å². The molecule has 1 aromatic carbocycles. The summed E-state index contributed by atoms with van der Waals surface area (Å²) in [5, 5.41) is 8.53. The van der Waals surface area contributed by atoms with Crippen molar-refractivity contribution in [1.29, 1.82) is 0 Å². The summed E-state index contributed by atoms with van der Waals surface area (Å²) in [6.45, 7) is 5.65. The summed E-state index contributed by atoms with van der Waals surface area (Å²) in [4.78, 5) is 21.4. The minimum absolute atomic E-state index is 0.109. The zero-order valence-corrected chi connectivity index (χ0v) is 16.3. The lowest BCUT2D eigenvalue weighted by Crippen LogP contribution is -2.23. The number of nitrogens with zero attached hydrogens (tertiary/aromatic N) is 4. The Morgan fingerprint density at radius 3 is 2.78 bits per heavy atom. The molecule has 0 aliphatic heterocycles. The van der Waals surface area contributed by atoms with E-state index in [-0.39, 0.29) is 11.2 Å². The molecule has 0 spiro atoms. The maximum atomic E-state index is 12.7. The topological polar surface area (TPSA) is 85.8 Å². The van der Waals surface area contributed by atoms with Crippen LogP contribution >= 0.6 is 11.8 Å². The monoisotopic (exact) mass is 381 g/mol. The molecule has 0 aliphatic rings. The predicted molar refractivity (Wildman–Crippen MR) is 106 cm³/mol. The van der Waals surface area contributed by atoms with Crippen molar-refractivity contribution in [2.75, 3.05) is 5.32 Å². The van der Waals surface area contributed by atoms with E-state index in [4.69, 9.17) is 4.42 Å². The SMILES string of the molecule is Cc1nn(C)c(C)c1NC(=O)[C@@H](C)Sc1ncnc2c1oc1ccccc12. The van der Waals surface area contributed by atoms with Crippen LogP contribution in [0, 0.1) is 13.8 Å². The first kappa shape index (κ1) is 17.5. The highest BCUT2D eigenvalue weighted by Crippen LogP contribution is 2.34. The van der Waals surface area contributed by atoms with E-state index in [2.05, 4.69) is 20.4 Å². The van der Waals surface area contributed by atoms with Gasteiger partial charge in [-0.2, -0.15) is 5.10 Å². The van der Waals surface area contributed by atoms with E-state index < -0.39 is 0 Å². The number of furan rings is 1. The molecule has 138 valence electrons. The quantitative estimate of drug-likeness (QED) is 0.427. The predicted octanol–water partition coefficient (Wildman–Crippen LogP) is 3.85. The number of hydrogen-bond donors (Lipinski definition) is 1. The van der Waals surface area contributed by atoms with E-state index in [9.17, 15) is 4.79 Å². The lowest BCUT2D eigenvalue weighted by atomic mass is 10.2. The first-order valence-corrected chi connectivity index (χ1v) is 9.43. The molecule has 7 nitrogen and oxygen atoms in total. The third kappa shape index (κ3) is 3.06. The number of amides is 1.